The van der Waals surface area contributed by atoms with E-state index in [-0.39, 0.29) is 23.7 Å². The molecule has 4 rings (SSSR count). The molecule has 2 atom stereocenters. The molecule has 2 fully saturated rings. The first-order valence-corrected chi connectivity index (χ1v) is 11.6. The number of nitrogens with one attached hydrogen (secondary N) is 1. The summed E-state index contributed by atoms with van der Waals surface area (Å²) in [4.78, 5) is 30.4. The van der Waals surface area contributed by atoms with Gasteiger partial charge in [-0.1, -0.05) is 60.7 Å². The van der Waals surface area contributed by atoms with Crippen LogP contribution in [0.5, 0.6) is 0 Å². The molecule has 2 amide bonds. The number of nitrogens with zero attached hydrogens (tertiary/aromatic N) is 2. The van der Waals surface area contributed by atoms with Crippen LogP contribution in [0.15, 0.2) is 60.7 Å². The Morgan fingerprint density at radius 2 is 1.58 bits per heavy atom. The van der Waals surface area contributed by atoms with Crippen LogP contribution in [0.25, 0.3) is 0 Å². The molecule has 0 bridgehead atoms. The highest BCUT2D eigenvalue weighted by Crippen LogP contribution is 2.31. The van der Waals surface area contributed by atoms with E-state index in [2.05, 4.69) is 22.3 Å². The van der Waals surface area contributed by atoms with Crippen LogP contribution in [-0.2, 0) is 16.0 Å². The zero-order valence-electron chi connectivity index (χ0n) is 18.2. The molecule has 2 aromatic carbocycles. The Labute approximate surface area is 185 Å². The average molecular weight is 420 g/mol. The maximum Gasteiger partial charge on any atom is 0.227 e. The van der Waals surface area contributed by atoms with Crippen LogP contribution in [0.4, 0.5) is 0 Å². The molecule has 0 aliphatic carbocycles. The van der Waals surface area contributed by atoms with Gasteiger partial charge in [0.25, 0.3) is 0 Å². The average Bonchev–Trinajstić information content (AvgIpc) is 3.33. The van der Waals surface area contributed by atoms with E-state index in [9.17, 15) is 9.59 Å². The van der Waals surface area contributed by atoms with Gasteiger partial charge in [0.15, 0.2) is 0 Å². The normalized spacial score (nSPS) is 21.7. The Morgan fingerprint density at radius 1 is 0.903 bits per heavy atom. The smallest absolute Gasteiger partial charge is 0.227 e. The van der Waals surface area contributed by atoms with Gasteiger partial charge < -0.3 is 15.1 Å². The van der Waals surface area contributed by atoms with Gasteiger partial charge in [0, 0.05) is 32.1 Å². The number of carbonyl (C=O) groups is 2. The van der Waals surface area contributed by atoms with Crippen molar-refractivity contribution in [2.45, 2.75) is 31.6 Å². The quantitative estimate of drug-likeness (QED) is 0.750. The summed E-state index contributed by atoms with van der Waals surface area (Å²) in [5, 5.41) is 3.14. The molecule has 5 nitrogen and oxygen atoms in total. The minimum atomic E-state index is -0.169. The number of carbonyl (C=O) groups excluding carboxylic acids is 2. The third-order valence-electron chi connectivity index (χ3n) is 6.57. The predicted molar refractivity (Wildman–Crippen MR) is 123 cm³/mol. The maximum atomic E-state index is 13.1. The van der Waals surface area contributed by atoms with E-state index >= 15 is 0 Å². The second-order valence-electron chi connectivity index (χ2n) is 8.84. The van der Waals surface area contributed by atoms with Gasteiger partial charge in [-0.15, -0.1) is 0 Å². The summed E-state index contributed by atoms with van der Waals surface area (Å²) in [5.41, 5.74) is 2.22. The molecule has 2 unspecified atom stereocenters. The van der Waals surface area contributed by atoms with Gasteiger partial charge in [-0.25, -0.2) is 0 Å². The van der Waals surface area contributed by atoms with Gasteiger partial charge in [0.05, 0.1) is 12.3 Å². The van der Waals surface area contributed by atoms with Crippen molar-refractivity contribution in [3.63, 3.8) is 0 Å². The van der Waals surface area contributed by atoms with Gasteiger partial charge >= 0.3 is 0 Å². The summed E-state index contributed by atoms with van der Waals surface area (Å²) in [6.07, 6.45) is 3.68. The van der Waals surface area contributed by atoms with Gasteiger partial charge in [0.2, 0.25) is 11.8 Å². The van der Waals surface area contributed by atoms with E-state index in [1.807, 2.05) is 53.4 Å². The first kappa shape index (κ1) is 21.6. The van der Waals surface area contributed by atoms with E-state index in [0.29, 0.717) is 26.1 Å². The molecule has 31 heavy (non-hydrogen) atoms. The summed E-state index contributed by atoms with van der Waals surface area (Å²) in [6, 6.07) is 20.1. The standard InChI is InChI=1S/C26H33N3O2/c30-25(17-21-9-3-1-4-10-21)29-19-23(22-11-5-2-6-12-22)18-24(20-29)26(31)27-13-16-28-14-7-8-15-28/h1-6,9-12,23-24H,7-8,13-20H2,(H,27,31). The summed E-state index contributed by atoms with van der Waals surface area (Å²) < 4.78 is 0. The summed E-state index contributed by atoms with van der Waals surface area (Å²) in [6.45, 7) is 5.05. The molecule has 2 aliphatic heterocycles. The van der Waals surface area contributed by atoms with Crippen LogP contribution in [0.1, 0.15) is 36.3 Å². The monoisotopic (exact) mass is 419 g/mol. The molecular weight excluding hydrogens is 386 g/mol. The molecule has 0 saturated carbocycles. The summed E-state index contributed by atoms with van der Waals surface area (Å²) >= 11 is 0. The predicted octanol–water partition coefficient (Wildman–Crippen LogP) is 3.07. The second-order valence-corrected chi connectivity index (χ2v) is 8.84. The van der Waals surface area contributed by atoms with Crippen molar-refractivity contribution in [2.24, 2.45) is 5.92 Å². The maximum absolute atomic E-state index is 13.1. The summed E-state index contributed by atoms with van der Waals surface area (Å²) in [7, 11) is 0. The molecular formula is C26H33N3O2. The van der Waals surface area contributed by atoms with Crippen molar-refractivity contribution in [2.75, 3.05) is 39.3 Å². The number of rotatable bonds is 7. The van der Waals surface area contributed by atoms with Crippen LogP contribution < -0.4 is 5.32 Å². The lowest BCUT2D eigenvalue weighted by molar-refractivity contribution is -0.135. The van der Waals surface area contributed by atoms with Crippen LogP contribution in [-0.4, -0.2) is 60.9 Å². The highest BCUT2D eigenvalue weighted by atomic mass is 16.2. The Hall–Kier alpha value is -2.66. The fraction of sp³-hybridized carbons (Fsp3) is 0.462. The molecule has 5 heteroatoms. The van der Waals surface area contributed by atoms with Gasteiger partial charge in [0.1, 0.15) is 0 Å². The molecule has 0 spiro atoms. The lowest BCUT2D eigenvalue weighted by Gasteiger charge is -2.37. The lowest BCUT2D eigenvalue weighted by atomic mass is 9.83. The van der Waals surface area contributed by atoms with Crippen molar-refractivity contribution < 1.29 is 9.59 Å². The van der Waals surface area contributed by atoms with Gasteiger partial charge in [-0.05, 0) is 43.5 Å². The fourth-order valence-electron chi connectivity index (χ4n) is 4.83. The fourth-order valence-corrected chi connectivity index (χ4v) is 4.83. The van der Waals surface area contributed by atoms with Crippen LogP contribution >= 0.6 is 0 Å². The Kier molecular flexibility index (Phi) is 7.36. The van der Waals surface area contributed by atoms with Crippen LogP contribution in [0, 0.1) is 5.92 Å². The van der Waals surface area contributed by atoms with E-state index in [4.69, 9.17) is 0 Å². The largest absolute Gasteiger partial charge is 0.355 e. The molecule has 164 valence electrons. The Bertz CT molecular complexity index is 849. The van der Waals surface area contributed by atoms with E-state index in [1.165, 1.54) is 18.4 Å². The number of piperidine rings is 1. The Balaban J connectivity index is 1.41. The molecule has 2 aromatic rings. The zero-order chi connectivity index (χ0) is 21.5. The van der Waals surface area contributed by atoms with Gasteiger partial charge in [-0.3, -0.25) is 9.59 Å². The van der Waals surface area contributed by atoms with E-state index < -0.39 is 0 Å². The third-order valence-corrected chi connectivity index (χ3v) is 6.57. The first-order chi connectivity index (χ1) is 15.2. The molecule has 0 radical (unpaired) electrons. The molecule has 2 saturated heterocycles. The topological polar surface area (TPSA) is 52.7 Å². The minimum absolute atomic E-state index is 0.0809. The number of benzene rings is 2. The van der Waals surface area contributed by atoms with Crippen molar-refractivity contribution in [3.05, 3.63) is 71.8 Å². The van der Waals surface area contributed by atoms with Crippen molar-refractivity contribution in [1.29, 1.82) is 0 Å². The first-order valence-electron chi connectivity index (χ1n) is 11.6. The Morgan fingerprint density at radius 3 is 2.29 bits per heavy atom. The molecule has 2 heterocycles. The highest BCUT2D eigenvalue weighted by molar-refractivity contribution is 5.82. The second kappa shape index (κ2) is 10.6. The minimum Gasteiger partial charge on any atom is -0.355 e. The number of hydrogen-bond donors (Lipinski definition) is 1. The zero-order valence-corrected chi connectivity index (χ0v) is 18.2. The third kappa shape index (κ3) is 5.95. The number of amides is 2. The summed E-state index contributed by atoms with van der Waals surface area (Å²) in [5.74, 6) is 0.195. The van der Waals surface area contributed by atoms with Crippen LogP contribution in [0.2, 0.25) is 0 Å². The van der Waals surface area contributed by atoms with E-state index in [1.54, 1.807) is 0 Å². The molecule has 2 aliphatic rings. The van der Waals surface area contributed by atoms with Crippen molar-refractivity contribution in [3.8, 4) is 0 Å². The lowest BCUT2D eigenvalue weighted by Crippen LogP contribution is -2.49. The number of likely N-dealkylation sites (tertiary alicyclic amines) is 2. The molecule has 0 aromatic heterocycles. The van der Waals surface area contributed by atoms with Crippen molar-refractivity contribution >= 4 is 11.8 Å². The SMILES string of the molecule is O=C(NCCN1CCCC1)C1CC(c2ccccc2)CN(C(=O)Cc2ccccc2)C1. The van der Waals surface area contributed by atoms with Crippen molar-refractivity contribution in [1.82, 2.24) is 15.1 Å². The van der Waals surface area contributed by atoms with Crippen LogP contribution in [0.3, 0.4) is 0 Å². The van der Waals surface area contributed by atoms with Gasteiger partial charge in [-0.2, -0.15) is 0 Å². The number of hydrogen-bond acceptors (Lipinski definition) is 3. The highest BCUT2D eigenvalue weighted by Gasteiger charge is 2.34. The van der Waals surface area contributed by atoms with E-state index in [0.717, 1.165) is 31.6 Å². The molecule has 1 N–H and O–H groups in total.